The van der Waals surface area contributed by atoms with Crippen molar-refractivity contribution in [2.24, 2.45) is 0 Å². The van der Waals surface area contributed by atoms with Crippen LogP contribution in [-0.2, 0) is 15.5 Å². The lowest BCUT2D eigenvalue weighted by atomic mass is 9.74. The lowest BCUT2D eigenvalue weighted by Gasteiger charge is -2.31. The zero-order valence-corrected chi connectivity index (χ0v) is 15.0. The van der Waals surface area contributed by atoms with Crippen molar-refractivity contribution < 1.29 is 13.0 Å². The molecule has 0 fully saturated rings. The van der Waals surface area contributed by atoms with E-state index in [0.717, 1.165) is 19.3 Å². The second kappa shape index (κ2) is 8.68. The third-order valence-electron chi connectivity index (χ3n) is 4.51. The Morgan fingerprint density at radius 3 is 1.95 bits per heavy atom. The van der Waals surface area contributed by atoms with E-state index in [1.807, 2.05) is 12.1 Å². The number of rotatable bonds is 10. The van der Waals surface area contributed by atoms with Gasteiger partial charge in [0.1, 0.15) is 0 Å². The summed E-state index contributed by atoms with van der Waals surface area (Å²) in [5.41, 5.74) is 1.26. The van der Waals surface area contributed by atoms with Gasteiger partial charge >= 0.3 is 0 Å². The monoisotopic (exact) mass is 326 g/mol. The van der Waals surface area contributed by atoms with Crippen LogP contribution in [-0.4, -0.2) is 13.0 Å². The maximum Gasteiger partial charge on any atom is 0.294 e. The zero-order chi connectivity index (χ0) is 16.6. The number of benzene rings is 1. The highest BCUT2D eigenvalue weighted by molar-refractivity contribution is 7.85. The Hall–Kier alpha value is -0.870. The third-order valence-corrected chi connectivity index (χ3v) is 5.38. The molecule has 1 atom stereocenters. The van der Waals surface area contributed by atoms with Gasteiger partial charge in [-0.05, 0) is 36.0 Å². The number of hydrogen-bond donors (Lipinski definition) is 1. The summed E-state index contributed by atoms with van der Waals surface area (Å²) in [4.78, 5) is -0.0277. The van der Waals surface area contributed by atoms with E-state index in [1.165, 1.54) is 49.8 Å². The van der Waals surface area contributed by atoms with Crippen molar-refractivity contribution in [1.82, 2.24) is 0 Å². The van der Waals surface area contributed by atoms with Crippen LogP contribution in [0.1, 0.15) is 77.7 Å². The fourth-order valence-corrected chi connectivity index (χ4v) is 3.43. The van der Waals surface area contributed by atoms with Crippen LogP contribution in [0.15, 0.2) is 29.2 Å². The van der Waals surface area contributed by atoms with E-state index in [4.69, 9.17) is 4.55 Å². The molecule has 0 heterocycles. The molecule has 0 aliphatic heterocycles. The second-order valence-corrected chi connectivity index (χ2v) is 7.90. The van der Waals surface area contributed by atoms with E-state index in [1.54, 1.807) is 0 Å². The van der Waals surface area contributed by atoms with Crippen LogP contribution in [0.3, 0.4) is 0 Å². The minimum atomic E-state index is -4.11. The first-order valence-corrected chi connectivity index (χ1v) is 9.85. The summed E-state index contributed by atoms with van der Waals surface area (Å²) in [6.45, 7) is 6.68. The van der Waals surface area contributed by atoms with Crippen molar-refractivity contribution in [3.05, 3.63) is 29.8 Å². The highest BCUT2D eigenvalue weighted by atomic mass is 32.2. The van der Waals surface area contributed by atoms with Crippen LogP contribution in [0.4, 0.5) is 0 Å². The van der Waals surface area contributed by atoms with Crippen LogP contribution in [0, 0.1) is 0 Å². The van der Waals surface area contributed by atoms with Gasteiger partial charge in [0, 0.05) is 0 Å². The molecule has 1 unspecified atom stereocenters. The van der Waals surface area contributed by atoms with E-state index < -0.39 is 10.1 Å². The third kappa shape index (κ3) is 5.73. The average molecular weight is 327 g/mol. The van der Waals surface area contributed by atoms with Crippen molar-refractivity contribution >= 4 is 10.1 Å². The maximum atomic E-state index is 11.2. The van der Waals surface area contributed by atoms with Crippen LogP contribution < -0.4 is 0 Å². The first kappa shape index (κ1) is 19.2. The Bertz CT molecular complexity index is 534. The Morgan fingerprint density at radius 1 is 0.909 bits per heavy atom. The normalized spacial score (nSPS) is 14.7. The van der Waals surface area contributed by atoms with Gasteiger partial charge in [0.15, 0.2) is 0 Å². The highest BCUT2D eigenvalue weighted by Gasteiger charge is 2.26. The Balaban J connectivity index is 2.90. The Kier molecular flexibility index (Phi) is 7.57. The smallest absolute Gasteiger partial charge is 0.282 e. The van der Waals surface area contributed by atoms with E-state index in [-0.39, 0.29) is 10.3 Å². The Labute approximate surface area is 135 Å². The summed E-state index contributed by atoms with van der Waals surface area (Å²) >= 11 is 0. The SMILES string of the molecule is CCCCCCC(C)(CCCC)c1ccc(S(=O)(=O)O)cc1. The Morgan fingerprint density at radius 2 is 1.45 bits per heavy atom. The molecule has 0 aliphatic rings. The first-order valence-electron chi connectivity index (χ1n) is 8.41. The van der Waals surface area contributed by atoms with Gasteiger partial charge in [0.2, 0.25) is 0 Å². The summed E-state index contributed by atoms with van der Waals surface area (Å²) in [7, 11) is -4.11. The summed E-state index contributed by atoms with van der Waals surface area (Å²) in [6.07, 6.45) is 9.52. The van der Waals surface area contributed by atoms with Gasteiger partial charge in [-0.15, -0.1) is 0 Å². The number of hydrogen-bond acceptors (Lipinski definition) is 2. The summed E-state index contributed by atoms with van der Waals surface area (Å²) in [5, 5.41) is 0. The fraction of sp³-hybridized carbons (Fsp3) is 0.667. The molecule has 0 aromatic heterocycles. The van der Waals surface area contributed by atoms with E-state index >= 15 is 0 Å². The van der Waals surface area contributed by atoms with Crippen molar-refractivity contribution in [3.63, 3.8) is 0 Å². The van der Waals surface area contributed by atoms with Gasteiger partial charge in [0.05, 0.1) is 4.90 Å². The summed E-state index contributed by atoms with van der Waals surface area (Å²) in [5.74, 6) is 0. The van der Waals surface area contributed by atoms with Crippen LogP contribution in [0.25, 0.3) is 0 Å². The van der Waals surface area contributed by atoms with E-state index in [0.29, 0.717) is 0 Å². The predicted molar refractivity (Wildman–Crippen MR) is 91.9 cm³/mol. The molecule has 126 valence electrons. The van der Waals surface area contributed by atoms with Crippen molar-refractivity contribution in [2.75, 3.05) is 0 Å². The van der Waals surface area contributed by atoms with Gasteiger partial charge in [-0.25, -0.2) is 0 Å². The lowest BCUT2D eigenvalue weighted by molar-refractivity contribution is 0.369. The van der Waals surface area contributed by atoms with E-state index in [2.05, 4.69) is 20.8 Å². The largest absolute Gasteiger partial charge is 0.294 e. The first-order chi connectivity index (χ1) is 10.3. The minimum absolute atomic E-state index is 0.0277. The molecule has 0 radical (unpaired) electrons. The van der Waals surface area contributed by atoms with Crippen LogP contribution >= 0.6 is 0 Å². The van der Waals surface area contributed by atoms with Gasteiger partial charge in [0.25, 0.3) is 10.1 Å². The summed E-state index contributed by atoms with van der Waals surface area (Å²) in [6, 6.07) is 6.75. The maximum absolute atomic E-state index is 11.2. The molecule has 0 saturated heterocycles. The molecule has 1 aromatic carbocycles. The van der Waals surface area contributed by atoms with E-state index in [9.17, 15) is 8.42 Å². The average Bonchev–Trinajstić information content (AvgIpc) is 2.49. The predicted octanol–water partition coefficient (Wildman–Crippen LogP) is 5.35. The molecule has 1 N–H and O–H groups in total. The van der Waals surface area contributed by atoms with Crippen LogP contribution in [0.5, 0.6) is 0 Å². The van der Waals surface area contributed by atoms with Crippen molar-refractivity contribution in [3.8, 4) is 0 Å². The molecule has 0 amide bonds. The molecule has 22 heavy (non-hydrogen) atoms. The molecule has 0 aliphatic carbocycles. The van der Waals surface area contributed by atoms with Gasteiger partial charge in [-0.2, -0.15) is 8.42 Å². The molecular formula is C18H30O3S. The highest BCUT2D eigenvalue weighted by Crippen LogP contribution is 2.35. The minimum Gasteiger partial charge on any atom is -0.282 e. The second-order valence-electron chi connectivity index (χ2n) is 6.47. The zero-order valence-electron chi connectivity index (χ0n) is 14.1. The molecule has 0 spiro atoms. The van der Waals surface area contributed by atoms with Crippen molar-refractivity contribution in [2.45, 2.75) is 82.4 Å². The van der Waals surface area contributed by atoms with Gasteiger partial charge in [-0.1, -0.05) is 71.4 Å². The van der Waals surface area contributed by atoms with Crippen LogP contribution in [0.2, 0.25) is 0 Å². The standard InChI is InChI=1S/C18H30O3S/c1-4-6-8-9-15-18(3,14-7-5-2)16-10-12-17(13-11-16)22(19,20)21/h10-13H,4-9,14-15H2,1-3H3,(H,19,20,21). The van der Waals surface area contributed by atoms with Gasteiger partial charge < -0.3 is 0 Å². The number of unbranched alkanes of at least 4 members (excludes halogenated alkanes) is 4. The quantitative estimate of drug-likeness (QED) is 0.465. The molecule has 4 heteroatoms. The van der Waals surface area contributed by atoms with Crippen molar-refractivity contribution in [1.29, 1.82) is 0 Å². The lowest BCUT2D eigenvalue weighted by Crippen LogP contribution is -2.22. The molecule has 1 rings (SSSR count). The fourth-order valence-electron chi connectivity index (χ4n) is 2.95. The molecular weight excluding hydrogens is 296 g/mol. The molecule has 0 saturated carbocycles. The summed E-state index contributed by atoms with van der Waals surface area (Å²) < 4.78 is 31.4. The van der Waals surface area contributed by atoms with Gasteiger partial charge in [-0.3, -0.25) is 4.55 Å². The molecule has 0 bridgehead atoms. The molecule has 1 aromatic rings. The topological polar surface area (TPSA) is 54.4 Å². The molecule has 3 nitrogen and oxygen atoms in total.